The van der Waals surface area contributed by atoms with Crippen molar-refractivity contribution in [1.29, 1.82) is 0 Å². The van der Waals surface area contributed by atoms with E-state index in [-0.39, 0.29) is 5.91 Å². The van der Waals surface area contributed by atoms with E-state index in [0.717, 1.165) is 6.42 Å². The number of amides is 1. The van der Waals surface area contributed by atoms with Gasteiger partial charge in [-0.25, -0.2) is 0 Å². The summed E-state index contributed by atoms with van der Waals surface area (Å²) in [6, 6.07) is 18.3. The Morgan fingerprint density at radius 3 is 2.59 bits per heavy atom. The summed E-state index contributed by atoms with van der Waals surface area (Å²) in [5.41, 5.74) is 3.00. The number of anilines is 1. The van der Waals surface area contributed by atoms with Crippen LogP contribution in [0.2, 0.25) is 0 Å². The molecule has 0 saturated carbocycles. The van der Waals surface area contributed by atoms with Gasteiger partial charge in [0.1, 0.15) is 0 Å². The number of nitrogens with zero attached hydrogens (tertiary/aromatic N) is 2. The van der Waals surface area contributed by atoms with Gasteiger partial charge in [0.05, 0.1) is 17.5 Å². The van der Waals surface area contributed by atoms with Crippen molar-refractivity contribution < 1.29 is 13.7 Å². The second-order valence-corrected chi connectivity index (χ2v) is 5.95. The molecule has 0 aliphatic rings. The Bertz CT molecular complexity index is 1050. The number of nitrogens with one attached hydrogen (secondary N) is 1. The zero-order chi connectivity index (χ0) is 18.6. The smallest absolute Gasteiger partial charge is 0.260 e. The lowest BCUT2D eigenvalue weighted by Gasteiger charge is -2.09. The van der Waals surface area contributed by atoms with Gasteiger partial charge in [0.2, 0.25) is 5.82 Å². The third kappa shape index (κ3) is 3.50. The van der Waals surface area contributed by atoms with Gasteiger partial charge in [-0.3, -0.25) is 4.79 Å². The van der Waals surface area contributed by atoms with Crippen molar-refractivity contribution in [3.8, 4) is 23.0 Å². The van der Waals surface area contributed by atoms with Crippen molar-refractivity contribution in [3.63, 3.8) is 0 Å². The van der Waals surface area contributed by atoms with Crippen molar-refractivity contribution in [2.45, 2.75) is 13.3 Å². The van der Waals surface area contributed by atoms with Gasteiger partial charge in [0.25, 0.3) is 11.8 Å². The Kier molecular flexibility index (Phi) is 4.53. The minimum Gasteiger partial charge on any atom is -0.461 e. The number of rotatable bonds is 5. The lowest BCUT2D eigenvalue weighted by Crippen LogP contribution is -2.12. The number of aromatic nitrogens is 2. The molecular formula is C21H17N3O3. The average molecular weight is 359 g/mol. The summed E-state index contributed by atoms with van der Waals surface area (Å²) in [4.78, 5) is 17.0. The lowest BCUT2D eigenvalue weighted by molar-refractivity contribution is 0.102. The maximum Gasteiger partial charge on any atom is 0.260 e. The van der Waals surface area contributed by atoms with E-state index in [1.807, 2.05) is 42.5 Å². The van der Waals surface area contributed by atoms with Crippen molar-refractivity contribution in [1.82, 2.24) is 10.1 Å². The molecule has 1 N–H and O–H groups in total. The number of hydrogen-bond acceptors (Lipinski definition) is 5. The number of para-hydroxylation sites is 1. The summed E-state index contributed by atoms with van der Waals surface area (Å²) in [6.07, 6.45) is 2.48. The van der Waals surface area contributed by atoms with Gasteiger partial charge in [-0.05, 0) is 48.4 Å². The molecule has 0 atom stereocenters. The van der Waals surface area contributed by atoms with Crippen LogP contribution in [-0.4, -0.2) is 16.0 Å². The molecule has 0 saturated heterocycles. The second-order valence-electron chi connectivity index (χ2n) is 5.95. The van der Waals surface area contributed by atoms with E-state index in [9.17, 15) is 4.79 Å². The quantitative estimate of drug-likeness (QED) is 0.553. The first kappa shape index (κ1) is 16.8. The second kappa shape index (κ2) is 7.29. The molecule has 27 heavy (non-hydrogen) atoms. The van der Waals surface area contributed by atoms with E-state index in [1.165, 1.54) is 5.56 Å². The summed E-state index contributed by atoms with van der Waals surface area (Å²) < 4.78 is 10.6. The van der Waals surface area contributed by atoms with E-state index >= 15 is 0 Å². The SMILES string of the molecule is CCc1ccc(C(=O)Nc2ccccc2-c2nc(-c3ccco3)no2)cc1. The maximum atomic E-state index is 12.6. The first-order valence-corrected chi connectivity index (χ1v) is 8.62. The van der Waals surface area contributed by atoms with Gasteiger partial charge in [0, 0.05) is 5.56 Å². The predicted molar refractivity (Wildman–Crippen MR) is 101 cm³/mol. The molecule has 6 nitrogen and oxygen atoms in total. The Labute approximate surface area is 155 Å². The highest BCUT2D eigenvalue weighted by Crippen LogP contribution is 2.29. The number of hydrogen-bond donors (Lipinski definition) is 1. The monoisotopic (exact) mass is 359 g/mol. The molecule has 0 fully saturated rings. The minimum absolute atomic E-state index is 0.198. The molecule has 0 aliphatic carbocycles. The Morgan fingerprint density at radius 1 is 1.04 bits per heavy atom. The molecule has 0 bridgehead atoms. The topological polar surface area (TPSA) is 81.2 Å². The van der Waals surface area contributed by atoms with Crippen molar-refractivity contribution in [2.24, 2.45) is 0 Å². The molecule has 4 rings (SSSR count). The van der Waals surface area contributed by atoms with Gasteiger partial charge in [-0.15, -0.1) is 0 Å². The Morgan fingerprint density at radius 2 is 1.85 bits per heavy atom. The van der Waals surface area contributed by atoms with Crippen LogP contribution in [0.3, 0.4) is 0 Å². The highest BCUT2D eigenvalue weighted by Gasteiger charge is 2.17. The van der Waals surface area contributed by atoms with Crippen molar-refractivity contribution >= 4 is 11.6 Å². The molecule has 2 aromatic heterocycles. The Hall–Kier alpha value is -3.67. The first-order chi connectivity index (χ1) is 13.2. The fourth-order valence-corrected chi connectivity index (χ4v) is 2.70. The average Bonchev–Trinajstić information content (AvgIpc) is 3.40. The van der Waals surface area contributed by atoms with Crippen LogP contribution < -0.4 is 5.32 Å². The maximum absolute atomic E-state index is 12.6. The molecule has 0 unspecified atom stereocenters. The number of benzene rings is 2. The number of furan rings is 1. The number of carbonyl (C=O) groups excluding carboxylic acids is 1. The van der Waals surface area contributed by atoms with Crippen molar-refractivity contribution in [2.75, 3.05) is 5.32 Å². The van der Waals surface area contributed by atoms with E-state index in [0.29, 0.717) is 34.3 Å². The van der Waals surface area contributed by atoms with Crippen LogP contribution in [-0.2, 0) is 6.42 Å². The fourth-order valence-electron chi connectivity index (χ4n) is 2.70. The standard InChI is InChI=1S/C21H17N3O3/c1-2-14-9-11-15(12-10-14)20(25)22-17-7-4-3-6-16(17)21-23-19(24-27-21)18-8-5-13-26-18/h3-13H,2H2,1H3,(H,22,25). The summed E-state index contributed by atoms with van der Waals surface area (Å²) in [5.74, 6) is 0.975. The minimum atomic E-state index is -0.198. The molecule has 2 aromatic carbocycles. The molecule has 0 radical (unpaired) electrons. The molecule has 0 spiro atoms. The zero-order valence-electron chi connectivity index (χ0n) is 14.7. The van der Waals surface area contributed by atoms with Crippen LogP contribution in [0.5, 0.6) is 0 Å². The van der Waals surface area contributed by atoms with Crippen LogP contribution >= 0.6 is 0 Å². The van der Waals surface area contributed by atoms with E-state index in [2.05, 4.69) is 22.4 Å². The third-order valence-electron chi connectivity index (χ3n) is 4.20. The molecule has 2 heterocycles. The molecule has 4 aromatic rings. The zero-order valence-corrected chi connectivity index (χ0v) is 14.7. The largest absolute Gasteiger partial charge is 0.461 e. The van der Waals surface area contributed by atoms with E-state index in [1.54, 1.807) is 24.5 Å². The normalized spacial score (nSPS) is 10.7. The van der Waals surface area contributed by atoms with Crippen LogP contribution in [0.25, 0.3) is 23.0 Å². The Balaban J connectivity index is 1.60. The fraction of sp³-hybridized carbons (Fsp3) is 0.0952. The predicted octanol–water partition coefficient (Wildman–Crippen LogP) is 4.81. The van der Waals surface area contributed by atoms with E-state index < -0.39 is 0 Å². The summed E-state index contributed by atoms with van der Waals surface area (Å²) in [5, 5.41) is 6.86. The molecule has 1 amide bonds. The van der Waals surface area contributed by atoms with Crippen molar-refractivity contribution in [3.05, 3.63) is 78.1 Å². The van der Waals surface area contributed by atoms with E-state index in [4.69, 9.17) is 8.94 Å². The van der Waals surface area contributed by atoms with Crippen LogP contribution in [0, 0.1) is 0 Å². The highest BCUT2D eigenvalue weighted by atomic mass is 16.5. The summed E-state index contributed by atoms with van der Waals surface area (Å²) >= 11 is 0. The summed E-state index contributed by atoms with van der Waals surface area (Å²) in [7, 11) is 0. The van der Waals surface area contributed by atoms with Crippen LogP contribution in [0.15, 0.2) is 75.9 Å². The molecular weight excluding hydrogens is 342 g/mol. The first-order valence-electron chi connectivity index (χ1n) is 8.62. The lowest BCUT2D eigenvalue weighted by atomic mass is 10.1. The van der Waals surface area contributed by atoms with Gasteiger partial charge >= 0.3 is 0 Å². The highest BCUT2D eigenvalue weighted by molar-refractivity contribution is 6.06. The van der Waals surface area contributed by atoms with Gasteiger partial charge < -0.3 is 14.3 Å². The summed E-state index contributed by atoms with van der Waals surface area (Å²) in [6.45, 7) is 2.08. The molecule has 134 valence electrons. The van der Waals surface area contributed by atoms with Gasteiger partial charge in [-0.1, -0.05) is 36.3 Å². The third-order valence-corrected chi connectivity index (χ3v) is 4.20. The van der Waals surface area contributed by atoms with Gasteiger partial charge in [-0.2, -0.15) is 4.98 Å². The molecule has 6 heteroatoms. The van der Waals surface area contributed by atoms with Crippen LogP contribution in [0.1, 0.15) is 22.8 Å². The number of aryl methyl sites for hydroxylation is 1. The molecule has 0 aliphatic heterocycles. The van der Waals surface area contributed by atoms with Gasteiger partial charge in [0.15, 0.2) is 5.76 Å². The number of carbonyl (C=O) groups is 1. The van der Waals surface area contributed by atoms with Crippen LogP contribution in [0.4, 0.5) is 5.69 Å².